The zero-order valence-electron chi connectivity index (χ0n) is 19.5. The largest absolute Gasteiger partial charge is 0.495 e. The number of anilines is 2. The molecule has 1 fully saturated rings. The summed E-state index contributed by atoms with van der Waals surface area (Å²) in [5.74, 6) is 1.18. The number of ether oxygens (including phenoxy) is 2. The lowest BCUT2D eigenvalue weighted by Gasteiger charge is -2.28. The molecule has 1 aromatic heterocycles. The van der Waals surface area contributed by atoms with E-state index in [1.54, 1.807) is 18.4 Å². The highest BCUT2D eigenvalue weighted by Crippen LogP contribution is 2.37. The molecule has 4 rings (SSSR count). The number of nitrogens with zero attached hydrogens (tertiary/aromatic N) is 1. The van der Waals surface area contributed by atoms with Gasteiger partial charge in [0.1, 0.15) is 10.6 Å². The molecule has 0 bridgehead atoms. The zero-order chi connectivity index (χ0) is 23.4. The van der Waals surface area contributed by atoms with E-state index in [4.69, 9.17) is 14.5 Å². The van der Waals surface area contributed by atoms with E-state index in [0.717, 1.165) is 58.6 Å². The maximum atomic E-state index is 13.2. The molecule has 33 heavy (non-hydrogen) atoms. The molecule has 2 aromatic carbocycles. The molecule has 6 nitrogen and oxygen atoms in total. The first-order valence-electron chi connectivity index (χ1n) is 11.2. The maximum absolute atomic E-state index is 13.2. The van der Waals surface area contributed by atoms with E-state index in [0.29, 0.717) is 22.6 Å². The lowest BCUT2D eigenvalue weighted by atomic mass is 9.93. The fourth-order valence-corrected chi connectivity index (χ4v) is 6.23. The highest BCUT2D eigenvalue weighted by Gasteiger charge is 2.22. The Morgan fingerprint density at radius 2 is 1.94 bits per heavy atom. The molecule has 2 heterocycles. The van der Waals surface area contributed by atoms with Crippen LogP contribution in [-0.4, -0.2) is 35.6 Å². The summed E-state index contributed by atoms with van der Waals surface area (Å²) in [6.07, 6.45) is 2.15. The monoisotopic (exact) mass is 485 g/mol. The Bertz CT molecular complexity index is 1130. The molecule has 1 aliphatic rings. The topological polar surface area (TPSA) is 72.5 Å². The van der Waals surface area contributed by atoms with Crippen LogP contribution in [0.4, 0.5) is 10.8 Å². The van der Waals surface area contributed by atoms with Gasteiger partial charge in [0, 0.05) is 24.9 Å². The molecule has 1 aliphatic heterocycles. The number of methoxy groups -OCH3 is 1. The quantitative estimate of drug-likeness (QED) is 0.422. The van der Waals surface area contributed by atoms with Crippen molar-refractivity contribution in [2.75, 3.05) is 30.4 Å². The second kappa shape index (κ2) is 10.7. The first-order valence-corrected chi connectivity index (χ1v) is 13.2. The van der Waals surface area contributed by atoms with Crippen molar-refractivity contribution in [1.82, 2.24) is 4.98 Å². The molecule has 2 atom stereocenters. The van der Waals surface area contributed by atoms with E-state index >= 15 is 0 Å². The van der Waals surface area contributed by atoms with Crippen molar-refractivity contribution in [3.05, 3.63) is 53.7 Å². The van der Waals surface area contributed by atoms with Crippen molar-refractivity contribution < 1.29 is 13.7 Å². The van der Waals surface area contributed by atoms with Crippen LogP contribution in [0.2, 0.25) is 0 Å². The molecule has 2 N–H and O–H groups in total. The van der Waals surface area contributed by atoms with Crippen molar-refractivity contribution in [1.29, 1.82) is 0 Å². The maximum Gasteiger partial charge on any atom is 0.183 e. The molecule has 0 aliphatic carbocycles. The third-order valence-corrected chi connectivity index (χ3v) is 8.36. The number of para-hydroxylation sites is 1. The molecular weight excluding hydrogens is 454 g/mol. The van der Waals surface area contributed by atoms with E-state index in [9.17, 15) is 4.21 Å². The minimum Gasteiger partial charge on any atom is -0.495 e. The average Bonchev–Trinajstić information content (AvgIpc) is 3.20. The summed E-state index contributed by atoms with van der Waals surface area (Å²) >= 11 is 1.63. The van der Waals surface area contributed by atoms with Crippen molar-refractivity contribution in [3.63, 3.8) is 0 Å². The number of benzene rings is 2. The predicted octanol–water partition coefficient (Wildman–Crippen LogP) is 5.80. The van der Waals surface area contributed by atoms with Gasteiger partial charge < -0.3 is 19.5 Å². The van der Waals surface area contributed by atoms with Crippen LogP contribution < -0.4 is 14.8 Å². The molecule has 3 aromatic rings. The lowest BCUT2D eigenvalue weighted by Crippen LogP contribution is -2.30. The fourth-order valence-electron chi connectivity index (χ4n) is 4.06. The molecule has 0 radical (unpaired) electrons. The number of rotatable bonds is 8. The highest BCUT2D eigenvalue weighted by molar-refractivity contribution is 7.86. The van der Waals surface area contributed by atoms with Gasteiger partial charge in [0.15, 0.2) is 16.1 Å². The van der Waals surface area contributed by atoms with Crippen LogP contribution in [0.3, 0.4) is 0 Å². The van der Waals surface area contributed by atoms with Gasteiger partial charge in [0.05, 0.1) is 17.7 Å². The summed E-state index contributed by atoms with van der Waals surface area (Å²) < 4.78 is 27.4. The molecular formula is C25H31N3O3S2. The predicted molar refractivity (Wildman–Crippen MR) is 137 cm³/mol. The number of aromatic nitrogens is 1. The Labute approximate surface area is 202 Å². The van der Waals surface area contributed by atoms with E-state index < -0.39 is 11.0 Å². The van der Waals surface area contributed by atoms with Gasteiger partial charge in [-0.1, -0.05) is 29.5 Å². The summed E-state index contributed by atoms with van der Waals surface area (Å²) in [5, 5.41) is 4.51. The number of aryl methyl sites for hydroxylation is 2. The fraction of sp³-hybridized carbons (Fsp3) is 0.400. The van der Waals surface area contributed by atoms with Gasteiger partial charge in [-0.25, -0.2) is 9.19 Å². The Hall–Kier alpha value is -2.42. The number of thiazole rings is 1. The Morgan fingerprint density at radius 1 is 1.18 bits per heavy atom. The van der Waals surface area contributed by atoms with Crippen LogP contribution in [0.5, 0.6) is 5.75 Å². The third kappa shape index (κ3) is 5.57. The molecule has 176 valence electrons. The first kappa shape index (κ1) is 23.7. The molecule has 1 saturated heterocycles. The number of nitrogens with one attached hydrogen (secondary N) is 2. The normalized spacial score (nSPS) is 16.2. The molecule has 0 spiro atoms. The van der Waals surface area contributed by atoms with E-state index in [2.05, 4.69) is 17.0 Å². The summed E-state index contributed by atoms with van der Waals surface area (Å²) in [6, 6.07) is 14.0. The number of hydrogen-bond donors (Lipinski definition) is 2. The minimum atomic E-state index is -1.47. The van der Waals surface area contributed by atoms with Gasteiger partial charge in [-0.15, -0.1) is 0 Å². The van der Waals surface area contributed by atoms with Crippen molar-refractivity contribution >= 4 is 33.1 Å². The third-order valence-electron chi connectivity index (χ3n) is 6.09. The van der Waals surface area contributed by atoms with Crippen molar-refractivity contribution in [3.8, 4) is 16.2 Å². The van der Waals surface area contributed by atoms with E-state index in [-0.39, 0.29) is 0 Å². The van der Waals surface area contributed by atoms with E-state index in [1.807, 2.05) is 56.3 Å². The minimum absolute atomic E-state index is 0.338. The average molecular weight is 486 g/mol. The van der Waals surface area contributed by atoms with Crippen LogP contribution >= 0.6 is 11.3 Å². The Balaban J connectivity index is 1.57. The highest BCUT2D eigenvalue weighted by atomic mass is 32.2. The number of hydrogen-bond acceptors (Lipinski definition) is 6. The molecule has 0 saturated carbocycles. The smallest absolute Gasteiger partial charge is 0.183 e. The molecule has 0 amide bonds. The zero-order valence-corrected chi connectivity index (χ0v) is 21.1. The second-order valence-corrected chi connectivity index (χ2v) is 10.5. The van der Waals surface area contributed by atoms with Crippen LogP contribution in [-0.2, 0) is 15.7 Å². The van der Waals surface area contributed by atoms with Gasteiger partial charge in [0.25, 0.3) is 0 Å². The van der Waals surface area contributed by atoms with Gasteiger partial charge in [0.2, 0.25) is 0 Å². The van der Waals surface area contributed by atoms with Crippen molar-refractivity contribution in [2.45, 2.75) is 44.6 Å². The van der Waals surface area contributed by atoms with Crippen LogP contribution in [0.15, 0.2) is 47.4 Å². The van der Waals surface area contributed by atoms with Gasteiger partial charge in [-0.05, 0) is 74.9 Å². The van der Waals surface area contributed by atoms with Gasteiger partial charge in [-0.3, -0.25) is 0 Å². The van der Waals surface area contributed by atoms with Crippen LogP contribution in [0.25, 0.3) is 10.4 Å². The lowest BCUT2D eigenvalue weighted by molar-refractivity contribution is 0.0622. The van der Waals surface area contributed by atoms with Gasteiger partial charge in [-0.2, -0.15) is 0 Å². The molecule has 2 unspecified atom stereocenters. The standard InChI is InChI=1S/C25H31N3O3S2/c1-16-7-5-6-8-21(16)28-33(29)23-15-20(9-10-22(23)30-4)24-18(3)27-25(32-24)26-17(2)19-11-13-31-14-12-19/h5-10,15,17,19,28H,11-14H2,1-4H3,(H,26,27). The SMILES string of the molecule is COc1ccc(-c2sc(NC(C)C3CCOCC3)nc2C)cc1S(=O)Nc1ccccc1C. The van der Waals surface area contributed by atoms with Gasteiger partial charge >= 0.3 is 0 Å². The van der Waals surface area contributed by atoms with Crippen molar-refractivity contribution in [2.24, 2.45) is 5.92 Å². The Kier molecular flexibility index (Phi) is 7.67. The van der Waals surface area contributed by atoms with E-state index in [1.165, 1.54) is 0 Å². The first-order chi connectivity index (χ1) is 16.0. The van der Waals surface area contributed by atoms with Crippen LogP contribution in [0, 0.1) is 19.8 Å². The summed E-state index contributed by atoms with van der Waals surface area (Å²) in [5.41, 5.74) is 3.81. The summed E-state index contributed by atoms with van der Waals surface area (Å²) in [7, 11) is 0.128. The summed E-state index contributed by atoms with van der Waals surface area (Å²) in [4.78, 5) is 6.44. The second-order valence-electron chi connectivity index (χ2n) is 8.37. The Morgan fingerprint density at radius 3 is 2.67 bits per heavy atom. The summed E-state index contributed by atoms with van der Waals surface area (Å²) in [6.45, 7) is 7.90. The molecule has 8 heteroatoms. The van der Waals surface area contributed by atoms with Crippen LogP contribution in [0.1, 0.15) is 31.0 Å².